The third-order valence-electron chi connectivity index (χ3n) is 3.57. The Morgan fingerprint density at radius 3 is 2.12 bits per heavy atom. The smallest absolute Gasteiger partial charge is 0.308 e. The number of sulfonamides is 1. The Morgan fingerprint density at radius 1 is 1.23 bits per heavy atom. The van der Waals surface area contributed by atoms with Gasteiger partial charge in [0.05, 0.1) is 23.8 Å². The molecule has 148 valence electrons. The van der Waals surface area contributed by atoms with Crippen LogP contribution in [0.1, 0.15) is 38.4 Å². The molecular formula is C15H25N2O7PS. The monoisotopic (exact) mass is 408 g/mol. The quantitative estimate of drug-likeness (QED) is 0.344. The third kappa shape index (κ3) is 6.15. The largest absolute Gasteiger partial charge is 0.338 e. The first-order valence-corrected chi connectivity index (χ1v) is 11.2. The number of hydroxylamine groups is 2. The highest BCUT2D eigenvalue weighted by Gasteiger charge is 2.37. The van der Waals surface area contributed by atoms with Crippen molar-refractivity contribution >= 4 is 23.5 Å². The summed E-state index contributed by atoms with van der Waals surface area (Å²) in [4.78, 5) is 11.1. The minimum atomic E-state index is -3.86. The molecule has 0 aliphatic rings. The van der Waals surface area contributed by atoms with Crippen molar-refractivity contribution in [2.45, 2.75) is 37.7 Å². The van der Waals surface area contributed by atoms with E-state index in [0.29, 0.717) is 10.6 Å². The number of nitrogens with two attached hydrogens (primary N) is 1. The maximum Gasteiger partial charge on any atom is 0.338 e. The molecule has 1 aromatic rings. The second kappa shape index (κ2) is 9.59. The van der Waals surface area contributed by atoms with Gasteiger partial charge in [0.15, 0.2) is 0 Å². The SMILES string of the molecule is CCOP(=O)(OCC)C(CCN(O)C(C)=O)c1ccc(S(N)(=O)=O)cc1. The summed E-state index contributed by atoms with van der Waals surface area (Å²) in [6.07, 6.45) is 0.0854. The molecule has 0 aliphatic carbocycles. The summed E-state index contributed by atoms with van der Waals surface area (Å²) in [7, 11) is -7.49. The zero-order valence-corrected chi connectivity index (χ0v) is 16.7. The second-order valence-electron chi connectivity index (χ2n) is 5.44. The van der Waals surface area contributed by atoms with Crippen molar-refractivity contribution < 1.29 is 32.0 Å². The van der Waals surface area contributed by atoms with Crippen LogP contribution < -0.4 is 5.14 Å². The fraction of sp³-hybridized carbons (Fsp3) is 0.533. The molecule has 1 rings (SSSR count). The van der Waals surface area contributed by atoms with Crippen LogP contribution in [-0.4, -0.2) is 44.4 Å². The lowest BCUT2D eigenvalue weighted by atomic mass is 10.1. The van der Waals surface area contributed by atoms with E-state index in [4.69, 9.17) is 14.2 Å². The van der Waals surface area contributed by atoms with Crippen LogP contribution >= 0.6 is 7.60 Å². The Balaban J connectivity index is 3.25. The van der Waals surface area contributed by atoms with E-state index in [9.17, 15) is 23.0 Å². The first-order valence-electron chi connectivity index (χ1n) is 8.03. The predicted octanol–water partition coefficient (Wildman–Crippen LogP) is 2.27. The lowest BCUT2D eigenvalue weighted by Gasteiger charge is -2.27. The van der Waals surface area contributed by atoms with Crippen LogP contribution in [0.4, 0.5) is 0 Å². The molecule has 11 heteroatoms. The van der Waals surface area contributed by atoms with E-state index in [1.165, 1.54) is 31.2 Å². The van der Waals surface area contributed by atoms with Crippen LogP contribution in [0.2, 0.25) is 0 Å². The van der Waals surface area contributed by atoms with Crippen LogP contribution in [0.5, 0.6) is 0 Å². The number of primary sulfonamides is 1. The lowest BCUT2D eigenvalue weighted by molar-refractivity contribution is -0.162. The van der Waals surface area contributed by atoms with Gasteiger partial charge >= 0.3 is 7.60 Å². The molecule has 3 N–H and O–H groups in total. The van der Waals surface area contributed by atoms with E-state index in [2.05, 4.69) is 0 Å². The van der Waals surface area contributed by atoms with Crippen LogP contribution in [0, 0.1) is 0 Å². The zero-order chi connectivity index (χ0) is 20.0. The zero-order valence-electron chi connectivity index (χ0n) is 15.0. The number of carbonyl (C=O) groups is 1. The van der Waals surface area contributed by atoms with Crippen LogP contribution in [-0.2, 0) is 28.4 Å². The molecule has 0 saturated carbocycles. The number of rotatable bonds is 10. The first kappa shape index (κ1) is 22.8. The first-order chi connectivity index (χ1) is 12.0. The van der Waals surface area contributed by atoms with Crippen molar-refractivity contribution in [1.29, 1.82) is 0 Å². The summed E-state index contributed by atoms with van der Waals surface area (Å²) in [5, 5.41) is 15.2. The number of amides is 1. The van der Waals surface area contributed by atoms with E-state index in [-0.39, 0.29) is 31.1 Å². The normalized spacial score (nSPS) is 13.4. The van der Waals surface area contributed by atoms with Crippen molar-refractivity contribution in [1.82, 2.24) is 5.06 Å². The second-order valence-corrected chi connectivity index (χ2v) is 9.22. The minimum absolute atomic E-state index is 0.0854. The van der Waals surface area contributed by atoms with Gasteiger partial charge in [0.25, 0.3) is 0 Å². The van der Waals surface area contributed by atoms with Crippen LogP contribution in [0.3, 0.4) is 0 Å². The fourth-order valence-electron chi connectivity index (χ4n) is 2.37. The summed E-state index contributed by atoms with van der Waals surface area (Å²) >= 11 is 0. The molecule has 1 aromatic carbocycles. The number of hydrogen-bond donors (Lipinski definition) is 2. The Bertz CT molecular complexity index is 742. The van der Waals surface area contributed by atoms with E-state index in [1.54, 1.807) is 13.8 Å². The highest BCUT2D eigenvalue weighted by atomic mass is 32.2. The highest BCUT2D eigenvalue weighted by molar-refractivity contribution is 7.89. The van der Waals surface area contributed by atoms with Gasteiger partial charge < -0.3 is 9.05 Å². The van der Waals surface area contributed by atoms with Gasteiger partial charge in [0.2, 0.25) is 15.9 Å². The van der Waals surface area contributed by atoms with E-state index < -0.39 is 29.2 Å². The molecule has 0 fully saturated rings. The topological polar surface area (TPSA) is 136 Å². The van der Waals surface area contributed by atoms with Gasteiger partial charge in [-0.25, -0.2) is 18.6 Å². The number of hydrogen-bond acceptors (Lipinski definition) is 7. The van der Waals surface area contributed by atoms with Crippen molar-refractivity contribution in [2.75, 3.05) is 19.8 Å². The Morgan fingerprint density at radius 2 is 1.73 bits per heavy atom. The maximum atomic E-state index is 13.2. The lowest BCUT2D eigenvalue weighted by Crippen LogP contribution is -2.27. The molecule has 1 unspecified atom stereocenters. The summed E-state index contributed by atoms with van der Waals surface area (Å²) in [5.41, 5.74) is -0.314. The Hall–Kier alpha value is -1.29. The maximum absolute atomic E-state index is 13.2. The third-order valence-corrected chi connectivity index (χ3v) is 7.06. The molecule has 26 heavy (non-hydrogen) atoms. The molecule has 1 amide bonds. The molecule has 0 aliphatic heterocycles. The van der Waals surface area contributed by atoms with Gasteiger partial charge in [0, 0.05) is 13.5 Å². The van der Waals surface area contributed by atoms with Crippen molar-refractivity contribution in [3.63, 3.8) is 0 Å². The van der Waals surface area contributed by atoms with Gasteiger partial charge in [-0.2, -0.15) is 0 Å². The number of benzene rings is 1. The van der Waals surface area contributed by atoms with Gasteiger partial charge in [-0.15, -0.1) is 0 Å². The number of carbonyl (C=O) groups excluding carboxylic acids is 1. The average Bonchev–Trinajstić information content (AvgIpc) is 2.54. The summed E-state index contributed by atoms with van der Waals surface area (Å²) < 4.78 is 46.8. The minimum Gasteiger partial charge on any atom is -0.308 e. The van der Waals surface area contributed by atoms with Gasteiger partial charge in [-0.05, 0) is 38.0 Å². The standard InChI is InChI=1S/C15H25N2O7PS/c1-4-23-25(20,24-5-2)15(10-11-17(19)12(3)18)13-6-8-14(9-7-13)26(16,21)22/h6-9,15,19H,4-5,10-11H2,1-3H3,(H2,16,21,22). The summed E-state index contributed by atoms with van der Waals surface area (Å²) in [6.45, 7) is 4.71. The van der Waals surface area contributed by atoms with Crippen LogP contribution in [0.25, 0.3) is 0 Å². The molecule has 0 bridgehead atoms. The predicted molar refractivity (Wildman–Crippen MR) is 95.2 cm³/mol. The van der Waals surface area contributed by atoms with Gasteiger partial charge in [0.1, 0.15) is 0 Å². The Kier molecular flexibility index (Phi) is 8.39. The molecule has 0 radical (unpaired) electrons. The molecule has 0 spiro atoms. The van der Waals surface area contributed by atoms with Gasteiger partial charge in [-0.1, -0.05) is 12.1 Å². The molecule has 1 atom stereocenters. The highest BCUT2D eigenvalue weighted by Crippen LogP contribution is 2.62. The fourth-order valence-corrected chi connectivity index (χ4v) is 5.00. The molecule has 0 aromatic heterocycles. The Labute approximate surface area is 153 Å². The molecule has 0 heterocycles. The van der Waals surface area contributed by atoms with Crippen molar-refractivity contribution in [3.8, 4) is 0 Å². The van der Waals surface area contributed by atoms with Crippen molar-refractivity contribution in [3.05, 3.63) is 29.8 Å². The molecule has 9 nitrogen and oxygen atoms in total. The molecular weight excluding hydrogens is 383 g/mol. The number of nitrogens with zero attached hydrogens (tertiary/aromatic N) is 1. The van der Waals surface area contributed by atoms with Gasteiger partial charge in [-0.3, -0.25) is 14.6 Å². The van der Waals surface area contributed by atoms with Crippen LogP contribution in [0.15, 0.2) is 29.2 Å². The average molecular weight is 408 g/mol. The molecule has 0 saturated heterocycles. The van der Waals surface area contributed by atoms with E-state index >= 15 is 0 Å². The van der Waals surface area contributed by atoms with E-state index in [0.717, 1.165) is 0 Å². The summed E-state index contributed by atoms with van der Waals surface area (Å²) in [6, 6.07) is 5.51. The summed E-state index contributed by atoms with van der Waals surface area (Å²) in [5.74, 6) is -0.559. The van der Waals surface area contributed by atoms with E-state index in [1.807, 2.05) is 0 Å². The van der Waals surface area contributed by atoms with Crippen molar-refractivity contribution in [2.24, 2.45) is 5.14 Å².